The van der Waals surface area contributed by atoms with E-state index in [1.165, 1.54) is 29.7 Å². The number of halogens is 6. The van der Waals surface area contributed by atoms with Crippen LogP contribution in [-0.2, 0) is 12.4 Å². The molecule has 3 N–H and O–H groups in total. The van der Waals surface area contributed by atoms with Gasteiger partial charge in [0.2, 0.25) is 5.82 Å². The van der Waals surface area contributed by atoms with E-state index in [0.29, 0.717) is 36.6 Å². The van der Waals surface area contributed by atoms with Crippen molar-refractivity contribution in [3.63, 3.8) is 0 Å². The highest BCUT2D eigenvalue weighted by Crippen LogP contribution is 2.36. The van der Waals surface area contributed by atoms with Crippen LogP contribution in [0.15, 0.2) is 41.3 Å². The predicted molar refractivity (Wildman–Crippen MR) is 113 cm³/mol. The summed E-state index contributed by atoms with van der Waals surface area (Å²) in [4.78, 5) is 18.2. The Kier molecular flexibility index (Phi) is 6.88. The lowest BCUT2D eigenvalue weighted by Gasteiger charge is -2.31. The molecule has 7 nitrogen and oxygen atoms in total. The topological polar surface area (TPSA) is 90.5 Å². The van der Waals surface area contributed by atoms with Crippen LogP contribution in [0.5, 0.6) is 5.75 Å². The highest BCUT2D eigenvalue weighted by molar-refractivity contribution is 7.97. The summed E-state index contributed by atoms with van der Waals surface area (Å²) < 4.78 is 84.9. The number of piperidine rings is 1. The van der Waals surface area contributed by atoms with Crippen molar-refractivity contribution >= 4 is 28.9 Å². The van der Waals surface area contributed by atoms with Crippen molar-refractivity contribution in [3.8, 4) is 5.75 Å². The molecule has 35 heavy (non-hydrogen) atoms. The second-order valence-corrected chi connectivity index (χ2v) is 8.86. The molecule has 1 aliphatic rings. The molecule has 1 saturated heterocycles. The van der Waals surface area contributed by atoms with Crippen molar-refractivity contribution in [3.05, 3.63) is 53.3 Å². The zero-order valence-corrected chi connectivity index (χ0v) is 18.5. The van der Waals surface area contributed by atoms with Gasteiger partial charge >= 0.3 is 12.4 Å². The maximum absolute atomic E-state index is 13.1. The van der Waals surface area contributed by atoms with Crippen LogP contribution in [0.2, 0.25) is 0 Å². The summed E-state index contributed by atoms with van der Waals surface area (Å²) in [6.45, 7) is 0.950. The van der Waals surface area contributed by atoms with Crippen molar-refractivity contribution in [2.45, 2.75) is 36.2 Å². The zero-order chi connectivity index (χ0) is 25.4. The van der Waals surface area contributed by atoms with Gasteiger partial charge < -0.3 is 9.72 Å². The summed E-state index contributed by atoms with van der Waals surface area (Å²) in [5, 5.41) is 9.12. The normalized spacial score (nSPS) is 16.0. The Labute approximate surface area is 198 Å². The van der Waals surface area contributed by atoms with Crippen molar-refractivity contribution in [1.29, 1.82) is 0 Å². The Morgan fingerprint density at radius 1 is 1.06 bits per heavy atom. The Morgan fingerprint density at radius 2 is 1.71 bits per heavy atom. The van der Waals surface area contributed by atoms with Gasteiger partial charge in [-0.3, -0.25) is 10.0 Å². The van der Waals surface area contributed by atoms with E-state index in [9.17, 15) is 31.1 Å². The number of nitrogens with one attached hydrogen (secondary N) is 2. The van der Waals surface area contributed by atoms with Gasteiger partial charge in [-0.1, -0.05) is 0 Å². The van der Waals surface area contributed by atoms with Crippen molar-refractivity contribution in [1.82, 2.24) is 19.8 Å². The minimum absolute atomic E-state index is 0.0103. The third-order valence-electron chi connectivity index (χ3n) is 5.33. The highest BCUT2D eigenvalue weighted by Gasteiger charge is 2.36. The first kappa shape index (κ1) is 25.1. The maximum atomic E-state index is 13.1. The summed E-state index contributed by atoms with van der Waals surface area (Å²) in [6.07, 6.45) is -8.36. The summed E-state index contributed by atoms with van der Waals surface area (Å²) in [7, 11) is 0. The lowest BCUT2D eigenvalue weighted by atomic mass is 10.1. The first-order valence-electron chi connectivity index (χ1n) is 10.3. The highest BCUT2D eigenvalue weighted by atomic mass is 32.2. The number of amides is 1. The number of carbonyl (C=O) groups is 1. The minimum Gasteiger partial charge on any atom is -0.490 e. The maximum Gasteiger partial charge on any atom is 0.449 e. The molecule has 4 rings (SSSR count). The quantitative estimate of drug-likeness (QED) is 0.184. The molecule has 0 saturated carbocycles. The number of rotatable bonds is 5. The van der Waals surface area contributed by atoms with Gasteiger partial charge in [-0.15, -0.1) is 0 Å². The van der Waals surface area contributed by atoms with Crippen LogP contribution in [-0.4, -0.2) is 44.6 Å². The van der Waals surface area contributed by atoms with Gasteiger partial charge in [0.05, 0.1) is 16.6 Å². The number of fused-ring (bicyclic) bond motifs is 1. The van der Waals surface area contributed by atoms with Gasteiger partial charge in [-0.25, -0.2) is 14.8 Å². The molecule has 0 atom stereocenters. The summed E-state index contributed by atoms with van der Waals surface area (Å²) >= 11 is 1.13. The van der Waals surface area contributed by atoms with Gasteiger partial charge in [0.15, 0.2) is 0 Å². The van der Waals surface area contributed by atoms with E-state index < -0.39 is 29.6 Å². The first-order chi connectivity index (χ1) is 16.5. The smallest absolute Gasteiger partial charge is 0.449 e. The Balaban J connectivity index is 1.44. The molecular weight excluding hydrogens is 502 g/mol. The number of ether oxygens (including phenoxy) is 1. The number of aromatic nitrogens is 2. The molecule has 1 aromatic heterocycles. The van der Waals surface area contributed by atoms with Crippen molar-refractivity contribution in [2.75, 3.05) is 13.1 Å². The molecule has 1 aliphatic heterocycles. The standard InChI is InChI=1S/C21H18F6N4O3S/c22-20(23,24)11-1-3-12(4-2-11)34-13-7-9-31(10-8-13)35-15-6-5-14-17(16(15)18(32)30-33)29-19(28-14)21(25,26)27/h1-6,13,33H,7-10H2,(H,28,29)(H,30,32). The summed E-state index contributed by atoms with van der Waals surface area (Å²) in [6, 6.07) is 7.25. The predicted octanol–water partition coefficient (Wildman–Crippen LogP) is 5.27. The molecule has 188 valence electrons. The fraction of sp³-hybridized carbons (Fsp3) is 0.333. The molecule has 0 unspecified atom stereocenters. The van der Waals surface area contributed by atoms with E-state index >= 15 is 0 Å². The Hall–Kier alpha value is -2.97. The molecule has 1 fully saturated rings. The first-order valence-corrected chi connectivity index (χ1v) is 11.0. The molecule has 0 spiro atoms. The van der Waals surface area contributed by atoms with E-state index in [-0.39, 0.29) is 22.7 Å². The Bertz CT molecular complexity index is 1200. The minimum atomic E-state index is -4.74. The molecule has 3 aromatic rings. The number of imidazole rings is 1. The second kappa shape index (κ2) is 9.59. The van der Waals surface area contributed by atoms with Gasteiger partial charge in [0.25, 0.3) is 5.91 Å². The Morgan fingerprint density at radius 3 is 2.29 bits per heavy atom. The van der Waals surface area contributed by atoms with Crippen LogP contribution in [0.25, 0.3) is 11.0 Å². The molecule has 0 aliphatic carbocycles. The third-order valence-corrected chi connectivity index (χ3v) is 6.49. The molecule has 2 heterocycles. The third kappa shape index (κ3) is 5.65. The molecule has 0 radical (unpaired) electrons. The largest absolute Gasteiger partial charge is 0.490 e. The fourth-order valence-electron chi connectivity index (χ4n) is 3.64. The van der Waals surface area contributed by atoms with E-state index in [0.717, 1.165) is 24.1 Å². The number of H-pyrrole nitrogens is 1. The SMILES string of the molecule is O=C(NO)c1c(SN2CCC(Oc3ccc(C(F)(F)F)cc3)CC2)ccc2[nH]c(C(F)(F)F)nc12. The van der Waals surface area contributed by atoms with Crippen LogP contribution in [0.3, 0.4) is 0 Å². The number of alkyl halides is 6. The van der Waals surface area contributed by atoms with E-state index in [4.69, 9.17) is 9.94 Å². The number of hydrogen-bond donors (Lipinski definition) is 3. The van der Waals surface area contributed by atoms with Crippen LogP contribution in [0, 0.1) is 0 Å². The molecular formula is C21H18F6N4O3S. The average Bonchev–Trinajstić information content (AvgIpc) is 3.24. The fourth-order valence-corrected chi connectivity index (χ4v) is 4.72. The van der Waals surface area contributed by atoms with Gasteiger partial charge in [0.1, 0.15) is 17.4 Å². The number of nitrogens with zero attached hydrogens (tertiary/aromatic N) is 2. The number of hydrogen-bond acceptors (Lipinski definition) is 6. The average molecular weight is 520 g/mol. The summed E-state index contributed by atoms with van der Waals surface area (Å²) in [5.74, 6) is -1.95. The van der Waals surface area contributed by atoms with E-state index in [2.05, 4.69) is 9.97 Å². The molecule has 0 bridgehead atoms. The van der Waals surface area contributed by atoms with E-state index in [1.54, 1.807) is 0 Å². The number of benzene rings is 2. The van der Waals surface area contributed by atoms with Gasteiger partial charge in [-0.2, -0.15) is 26.3 Å². The number of aromatic amines is 1. The monoisotopic (exact) mass is 520 g/mol. The zero-order valence-electron chi connectivity index (χ0n) is 17.7. The van der Waals surface area contributed by atoms with Crippen LogP contribution < -0.4 is 10.2 Å². The second-order valence-electron chi connectivity index (χ2n) is 7.72. The van der Waals surface area contributed by atoms with Crippen molar-refractivity contribution < 1.29 is 41.1 Å². The van der Waals surface area contributed by atoms with E-state index in [1.807, 2.05) is 4.31 Å². The van der Waals surface area contributed by atoms with Crippen molar-refractivity contribution in [2.24, 2.45) is 0 Å². The lowest BCUT2D eigenvalue weighted by molar-refractivity contribution is -0.144. The number of hydroxylamine groups is 1. The molecule has 1 amide bonds. The van der Waals surface area contributed by atoms with Crippen LogP contribution in [0.4, 0.5) is 26.3 Å². The van der Waals surface area contributed by atoms with Gasteiger partial charge in [0, 0.05) is 18.0 Å². The van der Waals surface area contributed by atoms with Crippen LogP contribution >= 0.6 is 11.9 Å². The molecule has 2 aromatic carbocycles. The lowest BCUT2D eigenvalue weighted by Crippen LogP contribution is -2.34. The van der Waals surface area contributed by atoms with Gasteiger partial charge in [-0.05, 0) is 61.2 Å². The molecule has 14 heteroatoms. The van der Waals surface area contributed by atoms with Crippen LogP contribution in [0.1, 0.15) is 34.6 Å². The number of carbonyl (C=O) groups excluding carboxylic acids is 1. The summed E-state index contributed by atoms with van der Waals surface area (Å²) in [5.41, 5.74) is 0.240.